The Morgan fingerprint density at radius 1 is 0.517 bits per heavy atom. The summed E-state index contributed by atoms with van der Waals surface area (Å²) >= 11 is 0. The molecule has 0 N–H and O–H groups in total. The number of nitrogens with zero attached hydrogens (tertiary/aromatic N) is 1. The van der Waals surface area contributed by atoms with Crippen molar-refractivity contribution in [2.45, 2.75) is 33.1 Å². The summed E-state index contributed by atoms with van der Waals surface area (Å²) in [5, 5.41) is 7.39. The highest BCUT2D eigenvalue weighted by Gasteiger charge is 2.30. The third-order valence-corrected chi connectivity index (χ3v) is 12.6. The molecule has 0 amide bonds. The molecule has 1 aliphatic rings. The van der Waals surface area contributed by atoms with Gasteiger partial charge in [-0.2, -0.15) is 0 Å². The van der Waals surface area contributed by atoms with Gasteiger partial charge in [-0.15, -0.1) is 0 Å². The maximum absolute atomic E-state index is 6.60. The Morgan fingerprint density at radius 3 is 1.72 bits per heavy atom. The lowest BCUT2D eigenvalue weighted by molar-refractivity contribution is 0.434. The van der Waals surface area contributed by atoms with Crippen LogP contribution in [0.2, 0.25) is 0 Å². The van der Waals surface area contributed by atoms with E-state index in [2.05, 4.69) is 197 Å². The van der Waals surface area contributed by atoms with Crippen LogP contribution < -0.4 is 4.74 Å². The quantitative estimate of drug-likeness (QED) is 0.114. The average Bonchev–Trinajstić information content (AvgIpc) is 3.87. The molecule has 1 aliphatic heterocycles. The van der Waals surface area contributed by atoms with Gasteiger partial charge in [0.1, 0.15) is 28.4 Å². The highest BCUT2D eigenvalue weighted by molar-refractivity contribution is 6.33. The third kappa shape index (κ3) is 6.00. The Kier molecular flexibility index (Phi) is 8.70. The van der Waals surface area contributed by atoms with Gasteiger partial charge in [-0.25, -0.2) is 4.99 Å². The molecule has 2 unspecified atom stereocenters. The maximum Gasteiger partial charge on any atom is 0.138 e. The number of hydrogen-bond donors (Lipinski definition) is 0. The fourth-order valence-corrected chi connectivity index (χ4v) is 9.28. The van der Waals surface area contributed by atoms with Gasteiger partial charge in [0.25, 0.3) is 0 Å². The smallest absolute Gasteiger partial charge is 0.138 e. The van der Waals surface area contributed by atoms with Gasteiger partial charge in [0.05, 0.1) is 5.71 Å². The Bertz CT molecular complexity index is 3310. The predicted octanol–water partition coefficient (Wildman–Crippen LogP) is 15.7. The minimum absolute atomic E-state index is 0.0915. The molecular weight excluding hydrogens is 731 g/mol. The molecule has 60 heavy (non-hydrogen) atoms. The number of hydrogen-bond acceptors (Lipinski definition) is 3. The van der Waals surface area contributed by atoms with Crippen molar-refractivity contribution in [2.24, 2.45) is 10.9 Å². The minimum atomic E-state index is 0.0915. The lowest BCUT2D eigenvalue weighted by Crippen LogP contribution is -2.13. The topological polar surface area (TPSA) is 34.7 Å². The van der Waals surface area contributed by atoms with E-state index in [-0.39, 0.29) is 11.8 Å². The third-order valence-electron chi connectivity index (χ3n) is 12.6. The van der Waals surface area contributed by atoms with Crippen molar-refractivity contribution in [1.29, 1.82) is 0 Å². The van der Waals surface area contributed by atoms with Gasteiger partial charge in [-0.1, -0.05) is 160 Å². The average molecular weight is 774 g/mol. The first-order chi connectivity index (χ1) is 29.5. The first-order valence-electron chi connectivity index (χ1n) is 21.1. The molecule has 2 heterocycles. The summed E-state index contributed by atoms with van der Waals surface area (Å²) in [4.78, 5) is 5.56. The van der Waals surface area contributed by atoms with E-state index in [0.717, 1.165) is 57.2 Å². The zero-order valence-electron chi connectivity index (χ0n) is 33.9. The van der Waals surface area contributed by atoms with E-state index < -0.39 is 0 Å². The molecule has 0 saturated carbocycles. The van der Waals surface area contributed by atoms with E-state index in [1.807, 2.05) is 6.07 Å². The molecule has 0 fully saturated rings. The van der Waals surface area contributed by atoms with Crippen molar-refractivity contribution in [3.63, 3.8) is 0 Å². The van der Waals surface area contributed by atoms with Crippen LogP contribution in [0.3, 0.4) is 0 Å². The first kappa shape index (κ1) is 35.9. The van der Waals surface area contributed by atoms with Crippen LogP contribution in [0.5, 0.6) is 5.75 Å². The molecule has 0 bridgehead atoms. The van der Waals surface area contributed by atoms with Gasteiger partial charge in [0.2, 0.25) is 0 Å². The Labute approximate surface area is 350 Å². The molecule has 288 valence electrons. The molecule has 0 spiro atoms. The van der Waals surface area contributed by atoms with Gasteiger partial charge in [0, 0.05) is 27.8 Å². The van der Waals surface area contributed by atoms with E-state index in [4.69, 9.17) is 14.1 Å². The van der Waals surface area contributed by atoms with Crippen molar-refractivity contribution in [3.05, 3.63) is 204 Å². The monoisotopic (exact) mass is 773 g/mol. The molecule has 0 radical (unpaired) electrons. The molecule has 10 aromatic rings. The van der Waals surface area contributed by atoms with Gasteiger partial charge in [-0.05, 0) is 115 Å². The predicted molar refractivity (Wildman–Crippen MR) is 251 cm³/mol. The molecule has 3 nitrogen and oxygen atoms in total. The van der Waals surface area contributed by atoms with E-state index in [1.54, 1.807) is 0 Å². The van der Waals surface area contributed by atoms with Crippen LogP contribution in [0.25, 0.3) is 82.6 Å². The SMILES string of the molecule is CCC(C)C(=N/C(=C1/Oc2ccccc2C1C)c1ccccc1)c1cccc(-c2cccc(-c3cccc(-c4ccc5c(c4)c4cccc6oc7cccc5c7c64)c3)c2)c1. The van der Waals surface area contributed by atoms with Crippen molar-refractivity contribution in [1.82, 2.24) is 0 Å². The second kappa shape index (κ2) is 14.5. The molecule has 9 aromatic carbocycles. The van der Waals surface area contributed by atoms with Crippen LogP contribution in [-0.2, 0) is 0 Å². The van der Waals surface area contributed by atoms with Crippen molar-refractivity contribution >= 4 is 54.9 Å². The van der Waals surface area contributed by atoms with Crippen molar-refractivity contribution in [2.75, 3.05) is 0 Å². The van der Waals surface area contributed by atoms with E-state index in [0.29, 0.717) is 0 Å². The van der Waals surface area contributed by atoms with E-state index >= 15 is 0 Å². The fraction of sp³-hybridized carbons (Fsp3) is 0.105. The summed E-state index contributed by atoms with van der Waals surface area (Å²) in [5.41, 5.74) is 14.3. The fourth-order valence-electron chi connectivity index (χ4n) is 9.28. The normalized spacial score (nSPS) is 15.5. The molecule has 3 heteroatoms. The molecular formula is C57H43NO2. The molecule has 2 atom stereocenters. The Balaban J connectivity index is 0.964. The number of rotatable bonds is 8. The summed E-state index contributed by atoms with van der Waals surface area (Å²) in [6, 6.07) is 65.3. The van der Waals surface area contributed by atoms with Gasteiger partial charge in [0.15, 0.2) is 0 Å². The summed E-state index contributed by atoms with van der Waals surface area (Å²) in [7, 11) is 0. The van der Waals surface area contributed by atoms with E-state index in [9.17, 15) is 0 Å². The molecule has 0 aliphatic carbocycles. The van der Waals surface area contributed by atoms with Crippen LogP contribution in [0, 0.1) is 5.92 Å². The van der Waals surface area contributed by atoms with Gasteiger partial charge in [-0.3, -0.25) is 0 Å². The lowest BCUT2D eigenvalue weighted by Gasteiger charge is -2.18. The second-order valence-electron chi connectivity index (χ2n) is 16.2. The van der Waals surface area contributed by atoms with Crippen LogP contribution in [-0.4, -0.2) is 5.71 Å². The van der Waals surface area contributed by atoms with Gasteiger partial charge >= 0.3 is 0 Å². The van der Waals surface area contributed by atoms with Crippen LogP contribution in [0.1, 0.15) is 49.8 Å². The number of allylic oxidation sites excluding steroid dienone is 1. The number of para-hydroxylation sites is 1. The van der Waals surface area contributed by atoms with Crippen LogP contribution >= 0.6 is 0 Å². The second-order valence-corrected chi connectivity index (χ2v) is 16.2. The van der Waals surface area contributed by atoms with Crippen molar-refractivity contribution < 1.29 is 9.15 Å². The Hall–Kier alpha value is -7.23. The number of ether oxygens (including phenoxy) is 1. The molecule has 0 saturated heterocycles. The zero-order chi connectivity index (χ0) is 40.3. The Morgan fingerprint density at radius 2 is 1.07 bits per heavy atom. The molecule has 1 aromatic heterocycles. The number of furan rings is 1. The van der Waals surface area contributed by atoms with Crippen LogP contribution in [0.15, 0.2) is 197 Å². The zero-order valence-corrected chi connectivity index (χ0v) is 33.9. The lowest BCUT2D eigenvalue weighted by atomic mass is 9.91. The number of aliphatic imine (C=N–C) groups is 1. The van der Waals surface area contributed by atoms with Crippen molar-refractivity contribution in [3.8, 4) is 39.1 Å². The first-order valence-corrected chi connectivity index (χ1v) is 21.1. The minimum Gasteiger partial charge on any atom is -0.458 e. The molecule has 11 rings (SSSR count). The highest BCUT2D eigenvalue weighted by Crippen LogP contribution is 2.45. The summed E-state index contributed by atoms with van der Waals surface area (Å²) < 4.78 is 12.9. The largest absolute Gasteiger partial charge is 0.458 e. The highest BCUT2D eigenvalue weighted by atomic mass is 16.5. The van der Waals surface area contributed by atoms with Gasteiger partial charge < -0.3 is 9.15 Å². The van der Waals surface area contributed by atoms with E-state index in [1.165, 1.54) is 65.7 Å². The number of benzene rings is 9. The maximum atomic E-state index is 6.60. The van der Waals surface area contributed by atoms with Crippen LogP contribution in [0.4, 0.5) is 0 Å². The number of fused-ring (bicyclic) bond motifs is 4. The standard InChI is InChI=1S/C57H43NO2/c1-4-35(2)55(58-56(37-15-6-5-7-16-37)57-36(3)45-23-8-9-26-50(45)60-57)44-22-12-21-42(33-44)40-19-10-17-38(31-40)39-18-11-20-41(32-39)43-29-30-46-47-24-13-27-51-53(47)54-48(49(46)34-43)25-14-28-52(54)59-51/h5-36H,4H2,1-3H3/b57-56+,58-55?. The summed E-state index contributed by atoms with van der Waals surface area (Å²) in [6.07, 6.45) is 0.962. The summed E-state index contributed by atoms with van der Waals surface area (Å²) in [6.45, 7) is 6.73. The summed E-state index contributed by atoms with van der Waals surface area (Å²) in [5.74, 6) is 2.12.